The Morgan fingerprint density at radius 1 is 1.05 bits per heavy atom. The molecular weight excluding hydrogens is 560 g/mol. The van der Waals surface area contributed by atoms with Crippen molar-refractivity contribution in [1.82, 2.24) is 10.6 Å². The lowest BCUT2D eigenvalue weighted by Gasteiger charge is -2.49. The van der Waals surface area contributed by atoms with Crippen molar-refractivity contribution in [2.75, 3.05) is 33.3 Å². The van der Waals surface area contributed by atoms with Crippen molar-refractivity contribution in [3.8, 4) is 0 Å². The molecule has 2 saturated heterocycles. The quantitative estimate of drug-likeness (QED) is 0.0928. The number of hydrogen-bond acceptors (Lipinski definition) is 16. The molecule has 0 amide bonds. The summed E-state index contributed by atoms with van der Waals surface area (Å²) in [4.78, 5) is 12.8. The molecule has 13 N–H and O–H groups in total. The van der Waals surface area contributed by atoms with Crippen LogP contribution in [0.15, 0.2) is 0 Å². The first-order valence-electron chi connectivity index (χ1n) is 14.5. The lowest BCUT2D eigenvalue weighted by atomic mass is 9.76. The molecule has 2 heterocycles. The predicted octanol–water partition coefficient (Wildman–Crippen LogP) is -5.39. The van der Waals surface area contributed by atoms with Gasteiger partial charge < -0.3 is 76.8 Å². The number of carbonyl (C=O) groups excluding carboxylic acids is 1. The lowest BCUT2D eigenvalue weighted by molar-refractivity contribution is -0.333. The Balaban J connectivity index is 1.84. The summed E-state index contributed by atoms with van der Waals surface area (Å²) in [6, 6.07) is -1.77. The molecule has 0 spiro atoms. The maximum atomic E-state index is 12.8. The minimum Gasteiger partial charge on any atom is -0.388 e. The van der Waals surface area contributed by atoms with Crippen LogP contribution in [0.25, 0.3) is 0 Å². The van der Waals surface area contributed by atoms with E-state index in [1.165, 1.54) is 6.92 Å². The van der Waals surface area contributed by atoms with E-state index in [2.05, 4.69) is 10.6 Å². The molecule has 0 bridgehead atoms. The van der Waals surface area contributed by atoms with Crippen molar-refractivity contribution < 1.29 is 59.5 Å². The zero-order chi connectivity index (χ0) is 31.4. The van der Waals surface area contributed by atoms with E-state index in [4.69, 9.17) is 30.4 Å². The first-order chi connectivity index (χ1) is 19.8. The number of ketones is 1. The second kappa shape index (κ2) is 15.4. The molecule has 3 rings (SSSR count). The summed E-state index contributed by atoms with van der Waals surface area (Å²) in [7, 11) is 1.55. The number of carbonyl (C=O) groups is 1. The van der Waals surface area contributed by atoms with Crippen LogP contribution < -0.4 is 22.1 Å². The van der Waals surface area contributed by atoms with Crippen LogP contribution in [0.5, 0.6) is 0 Å². The molecule has 16 heteroatoms. The van der Waals surface area contributed by atoms with Crippen molar-refractivity contribution in [1.29, 1.82) is 0 Å². The van der Waals surface area contributed by atoms with Crippen LogP contribution in [-0.4, -0.2) is 160 Å². The number of Topliss-reactive ketones (excluding diaryl/α,β-unsaturated/α-hetero) is 1. The molecular formula is C26H50N4O12. The smallest absolute Gasteiger partial charge is 0.187 e. The van der Waals surface area contributed by atoms with Gasteiger partial charge in [-0.2, -0.15) is 0 Å². The van der Waals surface area contributed by atoms with Crippen LogP contribution in [0, 0.1) is 5.92 Å². The number of hydrogen-bond donors (Lipinski definition) is 11. The highest BCUT2D eigenvalue weighted by Crippen LogP contribution is 2.36. The Morgan fingerprint density at radius 2 is 1.71 bits per heavy atom. The third-order valence-electron chi connectivity index (χ3n) is 8.40. The number of likely N-dealkylation sites (N-methyl/N-ethyl adjacent to an activating group) is 2. The van der Waals surface area contributed by atoms with E-state index in [1.54, 1.807) is 7.05 Å². The maximum Gasteiger partial charge on any atom is 0.187 e. The summed E-state index contributed by atoms with van der Waals surface area (Å²) >= 11 is 0. The van der Waals surface area contributed by atoms with E-state index >= 15 is 0 Å². The highest BCUT2D eigenvalue weighted by Gasteiger charge is 2.53. The van der Waals surface area contributed by atoms with E-state index in [0.717, 1.165) is 0 Å². The number of rotatable bonds is 13. The van der Waals surface area contributed by atoms with Gasteiger partial charge in [-0.05, 0) is 45.8 Å². The van der Waals surface area contributed by atoms with E-state index in [1.807, 2.05) is 6.92 Å². The van der Waals surface area contributed by atoms with E-state index < -0.39 is 96.9 Å². The zero-order valence-corrected chi connectivity index (χ0v) is 24.4. The average Bonchev–Trinajstić information content (AvgIpc) is 2.93. The minimum absolute atomic E-state index is 0.0416. The Hall–Kier alpha value is -0.930. The van der Waals surface area contributed by atoms with E-state index in [0.29, 0.717) is 6.54 Å². The molecule has 1 unspecified atom stereocenters. The van der Waals surface area contributed by atoms with Gasteiger partial charge in [-0.15, -0.1) is 0 Å². The van der Waals surface area contributed by atoms with Gasteiger partial charge >= 0.3 is 0 Å². The highest BCUT2D eigenvalue weighted by atomic mass is 16.7. The molecule has 42 heavy (non-hydrogen) atoms. The van der Waals surface area contributed by atoms with Gasteiger partial charge in [0.2, 0.25) is 0 Å². The summed E-state index contributed by atoms with van der Waals surface area (Å²) < 4.78 is 23.3. The first kappa shape index (κ1) is 35.5. The summed E-state index contributed by atoms with van der Waals surface area (Å²) in [5, 5.41) is 80.5. The van der Waals surface area contributed by atoms with Gasteiger partial charge in [-0.3, -0.25) is 4.79 Å². The summed E-state index contributed by atoms with van der Waals surface area (Å²) in [5.41, 5.74) is 10.4. The van der Waals surface area contributed by atoms with Gasteiger partial charge in [0, 0.05) is 19.0 Å². The van der Waals surface area contributed by atoms with Crippen LogP contribution in [0.1, 0.15) is 33.1 Å². The third kappa shape index (κ3) is 8.01. The largest absolute Gasteiger partial charge is 0.388 e. The Kier molecular flexibility index (Phi) is 13.0. The number of nitrogens with two attached hydrogens (primary N) is 2. The molecule has 0 aromatic heterocycles. The topological polar surface area (TPSA) is 272 Å². The molecule has 0 radical (unpaired) electrons. The fourth-order valence-corrected chi connectivity index (χ4v) is 5.98. The molecule has 0 aromatic rings. The minimum atomic E-state index is -1.68. The van der Waals surface area contributed by atoms with Crippen molar-refractivity contribution in [3.05, 3.63) is 0 Å². The number of aliphatic hydroxyl groups excluding tert-OH is 6. The molecule has 3 fully saturated rings. The van der Waals surface area contributed by atoms with Gasteiger partial charge in [0.15, 0.2) is 18.4 Å². The van der Waals surface area contributed by atoms with Gasteiger partial charge in [-0.1, -0.05) is 6.92 Å². The second-order valence-electron chi connectivity index (χ2n) is 11.7. The van der Waals surface area contributed by atoms with Gasteiger partial charge in [-0.25, -0.2) is 0 Å². The Bertz CT molecular complexity index is 858. The third-order valence-corrected chi connectivity index (χ3v) is 8.40. The molecule has 246 valence electrons. The SMILES string of the molecule is CCNC[C@H]1O[C@H](OC2[C@@H](N)C[C@@H](CC(=O)[C@@H](O)CCN)[C@H](O[C@H]3OC[C@](C)(O)[C@H](NC)[C@H]3O)[C@H]2O)[C@H](O)[C@@H](O)[C@@H]1O. The van der Waals surface area contributed by atoms with Crippen molar-refractivity contribution in [3.63, 3.8) is 0 Å². The average molecular weight is 611 g/mol. The van der Waals surface area contributed by atoms with Crippen LogP contribution in [0.4, 0.5) is 0 Å². The molecule has 1 saturated carbocycles. The van der Waals surface area contributed by atoms with Crippen LogP contribution >= 0.6 is 0 Å². The molecule has 2 aliphatic heterocycles. The Morgan fingerprint density at radius 3 is 2.33 bits per heavy atom. The van der Waals surface area contributed by atoms with Gasteiger partial charge in [0.05, 0.1) is 18.8 Å². The zero-order valence-electron chi connectivity index (χ0n) is 24.4. The van der Waals surface area contributed by atoms with Crippen molar-refractivity contribution >= 4 is 5.78 Å². The summed E-state index contributed by atoms with van der Waals surface area (Å²) in [6.07, 6.45) is -15.3. The second-order valence-corrected chi connectivity index (χ2v) is 11.7. The molecule has 15 atom stereocenters. The van der Waals surface area contributed by atoms with Crippen molar-refractivity contribution in [2.24, 2.45) is 17.4 Å². The van der Waals surface area contributed by atoms with Crippen LogP contribution in [0.3, 0.4) is 0 Å². The van der Waals surface area contributed by atoms with Gasteiger partial charge in [0.25, 0.3) is 0 Å². The number of ether oxygens (including phenoxy) is 4. The lowest BCUT2D eigenvalue weighted by Crippen LogP contribution is -2.67. The first-order valence-corrected chi connectivity index (χ1v) is 14.5. The van der Waals surface area contributed by atoms with Gasteiger partial charge in [0.1, 0.15) is 54.4 Å². The highest BCUT2D eigenvalue weighted by molar-refractivity contribution is 5.83. The standard InChI is InChI=1S/C26H50N4O12/c1-4-30-9-15-16(33)17(34)18(35)25(40-15)42-22-12(28)7-11(8-14(32)13(31)5-6-27)21(19(22)36)41-24-20(37)23(29-3)26(2,38)10-39-24/h11-13,15-25,29-31,33-38H,4-10,27-28H2,1-3H3/t11-,12-,13-,15+,16+,17-,18+,19+,20+,21-,22?,23+,24+,25+,26-/m0/s1. The van der Waals surface area contributed by atoms with E-state index in [9.17, 15) is 40.5 Å². The maximum absolute atomic E-state index is 12.8. The number of nitrogens with one attached hydrogen (secondary N) is 2. The van der Waals surface area contributed by atoms with Crippen LogP contribution in [0.2, 0.25) is 0 Å². The normalized spacial score (nSPS) is 45.5. The number of aliphatic hydroxyl groups is 7. The molecule has 16 nitrogen and oxygen atoms in total. The fourth-order valence-electron chi connectivity index (χ4n) is 5.98. The van der Waals surface area contributed by atoms with E-state index in [-0.39, 0.29) is 39.0 Å². The molecule has 3 aliphatic rings. The summed E-state index contributed by atoms with van der Waals surface area (Å²) in [5.74, 6) is -1.29. The fraction of sp³-hybridized carbons (Fsp3) is 0.962. The molecule has 0 aromatic carbocycles. The Labute approximate surface area is 245 Å². The van der Waals surface area contributed by atoms with Crippen LogP contribution in [-0.2, 0) is 23.7 Å². The summed E-state index contributed by atoms with van der Waals surface area (Å²) in [6.45, 7) is 3.90. The monoisotopic (exact) mass is 610 g/mol. The molecule has 1 aliphatic carbocycles. The predicted molar refractivity (Wildman–Crippen MR) is 146 cm³/mol. The van der Waals surface area contributed by atoms with Crippen molar-refractivity contribution in [2.45, 2.75) is 118 Å².